The summed E-state index contributed by atoms with van der Waals surface area (Å²) in [5.74, 6) is -0.0512. The van der Waals surface area contributed by atoms with Gasteiger partial charge in [-0.15, -0.1) is 0 Å². The summed E-state index contributed by atoms with van der Waals surface area (Å²) in [5.41, 5.74) is 6.72. The third-order valence-corrected chi connectivity index (χ3v) is 4.52. The van der Waals surface area contributed by atoms with Crippen LogP contribution in [0.4, 0.5) is 21.0 Å². The molecule has 0 bridgehead atoms. The number of piperidine rings is 1. The summed E-state index contributed by atoms with van der Waals surface area (Å²) in [4.78, 5) is 26.1. The van der Waals surface area contributed by atoms with E-state index >= 15 is 0 Å². The molecule has 1 heterocycles. The van der Waals surface area contributed by atoms with Crippen LogP contribution in [-0.2, 0) is 9.47 Å². The van der Waals surface area contributed by atoms with Gasteiger partial charge in [-0.3, -0.25) is 5.32 Å². The summed E-state index contributed by atoms with van der Waals surface area (Å²) < 4.78 is 10.8. The standard InChI is InChI=1S/C22H34N4O4/c1-21(2,3)29-19(27)25-17-8-7-15(23)13-16(17)18(24)14-9-11-26(12-10-14)20(28)30-22(4,5)6/h7-8,13-14,24H,9-12,23H2,1-6H3,(H,25,27). The minimum atomic E-state index is -0.625. The number of rotatable bonds is 3. The predicted octanol–water partition coefficient (Wildman–Crippen LogP) is 4.63. The summed E-state index contributed by atoms with van der Waals surface area (Å²) in [5, 5.41) is 11.4. The highest BCUT2D eigenvalue weighted by molar-refractivity contribution is 6.07. The third kappa shape index (κ3) is 6.93. The van der Waals surface area contributed by atoms with E-state index in [1.54, 1.807) is 43.9 Å². The van der Waals surface area contributed by atoms with Gasteiger partial charge in [0.1, 0.15) is 11.2 Å². The summed E-state index contributed by atoms with van der Waals surface area (Å²) in [6.07, 6.45) is 0.363. The molecule has 4 N–H and O–H groups in total. The molecular weight excluding hydrogens is 384 g/mol. The second kappa shape index (κ2) is 8.93. The fourth-order valence-electron chi connectivity index (χ4n) is 3.20. The fraction of sp³-hybridized carbons (Fsp3) is 0.591. The van der Waals surface area contributed by atoms with E-state index in [1.807, 2.05) is 20.8 Å². The quantitative estimate of drug-likeness (QED) is 0.488. The Kier molecular flexibility index (Phi) is 7.00. The van der Waals surface area contributed by atoms with Crippen LogP contribution in [0.25, 0.3) is 0 Å². The molecule has 0 unspecified atom stereocenters. The van der Waals surface area contributed by atoms with Gasteiger partial charge in [0.05, 0.1) is 5.69 Å². The molecule has 1 fully saturated rings. The van der Waals surface area contributed by atoms with E-state index in [2.05, 4.69) is 5.32 Å². The van der Waals surface area contributed by atoms with Gasteiger partial charge in [-0.2, -0.15) is 0 Å². The van der Waals surface area contributed by atoms with Crippen LogP contribution in [0.1, 0.15) is 59.9 Å². The molecule has 166 valence electrons. The number of ether oxygens (including phenoxy) is 2. The van der Waals surface area contributed by atoms with Crippen LogP contribution < -0.4 is 11.1 Å². The summed E-state index contributed by atoms with van der Waals surface area (Å²) in [6, 6.07) is 5.04. The predicted molar refractivity (Wildman–Crippen MR) is 118 cm³/mol. The number of benzene rings is 1. The number of likely N-dealkylation sites (tertiary alicyclic amines) is 1. The Balaban J connectivity index is 2.08. The van der Waals surface area contributed by atoms with Gasteiger partial charge in [0.2, 0.25) is 0 Å². The number of carbonyl (C=O) groups excluding carboxylic acids is 2. The van der Waals surface area contributed by atoms with E-state index in [0.29, 0.717) is 48.6 Å². The molecule has 2 rings (SSSR count). The highest BCUT2D eigenvalue weighted by Gasteiger charge is 2.30. The Morgan fingerprint density at radius 2 is 1.63 bits per heavy atom. The zero-order chi connectivity index (χ0) is 22.7. The highest BCUT2D eigenvalue weighted by Crippen LogP contribution is 2.28. The molecule has 0 aliphatic carbocycles. The molecule has 1 aromatic carbocycles. The number of nitrogen functional groups attached to an aromatic ring is 1. The van der Waals surface area contributed by atoms with Gasteiger partial charge >= 0.3 is 12.2 Å². The average Bonchev–Trinajstić information content (AvgIpc) is 2.59. The van der Waals surface area contributed by atoms with E-state index in [-0.39, 0.29) is 12.0 Å². The molecular formula is C22H34N4O4. The normalized spacial score (nSPS) is 15.5. The molecule has 1 aromatic rings. The molecule has 0 radical (unpaired) electrons. The van der Waals surface area contributed by atoms with Crippen molar-refractivity contribution in [3.63, 3.8) is 0 Å². The first-order valence-electron chi connectivity index (χ1n) is 10.2. The van der Waals surface area contributed by atoms with Crippen LogP contribution in [0.2, 0.25) is 0 Å². The second-order valence-corrected chi connectivity index (χ2v) is 9.59. The van der Waals surface area contributed by atoms with Gasteiger partial charge in [-0.25, -0.2) is 9.59 Å². The number of carbonyl (C=O) groups is 2. The molecule has 0 atom stereocenters. The van der Waals surface area contributed by atoms with E-state index in [0.717, 1.165) is 0 Å². The number of nitrogens with zero attached hydrogens (tertiary/aromatic N) is 1. The van der Waals surface area contributed by atoms with E-state index < -0.39 is 17.3 Å². The maximum Gasteiger partial charge on any atom is 0.412 e. The topological polar surface area (TPSA) is 118 Å². The lowest BCUT2D eigenvalue weighted by molar-refractivity contribution is 0.0201. The minimum absolute atomic E-state index is 0.0512. The van der Waals surface area contributed by atoms with Crippen LogP contribution in [-0.4, -0.2) is 47.1 Å². The van der Waals surface area contributed by atoms with E-state index in [4.69, 9.17) is 20.6 Å². The van der Waals surface area contributed by atoms with Gasteiger partial charge in [0, 0.05) is 36.0 Å². The summed E-state index contributed by atoms with van der Waals surface area (Å²) in [7, 11) is 0. The first-order chi connectivity index (χ1) is 13.7. The Morgan fingerprint density at radius 1 is 1.07 bits per heavy atom. The van der Waals surface area contributed by atoms with Crippen LogP contribution in [0.15, 0.2) is 18.2 Å². The van der Waals surface area contributed by atoms with Crippen molar-refractivity contribution in [3.05, 3.63) is 23.8 Å². The van der Waals surface area contributed by atoms with E-state index in [9.17, 15) is 9.59 Å². The average molecular weight is 419 g/mol. The Morgan fingerprint density at radius 3 is 2.17 bits per heavy atom. The Labute approximate surface area is 178 Å². The third-order valence-electron chi connectivity index (χ3n) is 4.52. The number of hydrogen-bond acceptors (Lipinski definition) is 6. The SMILES string of the molecule is CC(C)(C)OC(=O)Nc1ccc(N)cc1C(=N)C1CCN(C(=O)OC(C)(C)C)CC1. The fourth-order valence-corrected chi connectivity index (χ4v) is 3.20. The van der Waals surface area contributed by atoms with Crippen LogP contribution in [0.5, 0.6) is 0 Å². The first kappa shape index (κ1) is 23.5. The molecule has 8 nitrogen and oxygen atoms in total. The van der Waals surface area contributed by atoms with Gasteiger partial charge < -0.3 is 25.5 Å². The lowest BCUT2D eigenvalue weighted by Gasteiger charge is -2.34. The van der Waals surface area contributed by atoms with Crippen molar-refractivity contribution in [1.29, 1.82) is 5.41 Å². The molecule has 0 aromatic heterocycles. The van der Waals surface area contributed by atoms with Crippen molar-refractivity contribution >= 4 is 29.3 Å². The molecule has 8 heteroatoms. The van der Waals surface area contributed by atoms with Crippen molar-refractivity contribution in [2.45, 2.75) is 65.6 Å². The zero-order valence-electron chi connectivity index (χ0n) is 18.8. The van der Waals surface area contributed by atoms with E-state index in [1.165, 1.54) is 0 Å². The maximum absolute atomic E-state index is 12.3. The zero-order valence-corrected chi connectivity index (χ0v) is 18.8. The Hall–Kier alpha value is -2.77. The van der Waals surface area contributed by atoms with Crippen LogP contribution in [0.3, 0.4) is 0 Å². The number of hydrogen-bond donors (Lipinski definition) is 3. The number of nitrogens with one attached hydrogen (secondary N) is 2. The van der Waals surface area contributed by atoms with Crippen molar-refractivity contribution in [3.8, 4) is 0 Å². The maximum atomic E-state index is 12.3. The lowest BCUT2D eigenvalue weighted by Crippen LogP contribution is -2.43. The number of anilines is 2. The number of nitrogens with two attached hydrogens (primary N) is 1. The van der Waals surface area contributed by atoms with Crippen molar-refractivity contribution in [2.75, 3.05) is 24.1 Å². The largest absolute Gasteiger partial charge is 0.444 e. The van der Waals surface area contributed by atoms with Crippen molar-refractivity contribution < 1.29 is 19.1 Å². The van der Waals surface area contributed by atoms with Gasteiger partial charge in [-0.05, 0) is 72.6 Å². The Bertz CT molecular complexity index is 800. The lowest BCUT2D eigenvalue weighted by atomic mass is 9.87. The molecule has 0 saturated carbocycles. The second-order valence-electron chi connectivity index (χ2n) is 9.59. The molecule has 1 saturated heterocycles. The first-order valence-corrected chi connectivity index (χ1v) is 10.2. The van der Waals surface area contributed by atoms with Gasteiger partial charge in [0.25, 0.3) is 0 Å². The number of amides is 2. The van der Waals surface area contributed by atoms with Crippen LogP contribution in [0, 0.1) is 11.3 Å². The van der Waals surface area contributed by atoms with Gasteiger partial charge in [-0.1, -0.05) is 0 Å². The van der Waals surface area contributed by atoms with Gasteiger partial charge in [0.15, 0.2) is 0 Å². The highest BCUT2D eigenvalue weighted by atomic mass is 16.6. The summed E-state index contributed by atoms with van der Waals surface area (Å²) >= 11 is 0. The van der Waals surface area contributed by atoms with Crippen molar-refractivity contribution in [2.24, 2.45) is 5.92 Å². The minimum Gasteiger partial charge on any atom is -0.444 e. The molecule has 1 aliphatic heterocycles. The molecule has 1 aliphatic rings. The molecule has 0 spiro atoms. The summed E-state index contributed by atoms with van der Waals surface area (Å²) in [6.45, 7) is 11.9. The monoisotopic (exact) mass is 418 g/mol. The molecule has 2 amide bonds. The van der Waals surface area contributed by atoms with Crippen LogP contribution >= 0.6 is 0 Å². The smallest absolute Gasteiger partial charge is 0.412 e. The van der Waals surface area contributed by atoms with Crippen molar-refractivity contribution in [1.82, 2.24) is 4.90 Å². The molecule has 30 heavy (non-hydrogen) atoms.